The summed E-state index contributed by atoms with van der Waals surface area (Å²) in [5.41, 5.74) is 4.82. The van der Waals surface area contributed by atoms with Crippen LogP contribution in [-0.2, 0) is 15.7 Å². The minimum Gasteiger partial charge on any atom is -0.330 e. The summed E-state index contributed by atoms with van der Waals surface area (Å²) in [6.45, 7) is 4.78. The number of hydrogen-bond acceptors (Lipinski definition) is 3. The monoisotopic (exact) mass is 340 g/mol. The highest BCUT2D eigenvalue weighted by Crippen LogP contribution is 2.25. The van der Waals surface area contributed by atoms with Crippen LogP contribution in [0.25, 0.3) is 0 Å². The molecule has 0 radical (unpaired) electrons. The molecule has 4 nitrogen and oxygen atoms in total. The zero-order valence-corrected chi connectivity index (χ0v) is 14.7. The van der Waals surface area contributed by atoms with Crippen molar-refractivity contribution >= 4 is 10.0 Å². The van der Waals surface area contributed by atoms with Crippen molar-refractivity contribution in [1.82, 2.24) is 4.72 Å². The topological polar surface area (TPSA) is 72.2 Å². The summed E-state index contributed by atoms with van der Waals surface area (Å²) in [4.78, 5) is 0. The molecule has 0 heterocycles. The lowest BCUT2D eigenvalue weighted by atomic mass is 9.97. The van der Waals surface area contributed by atoms with Crippen molar-refractivity contribution < 1.29 is 12.8 Å². The van der Waals surface area contributed by atoms with Crippen LogP contribution in [0, 0.1) is 11.8 Å². The smallest absolute Gasteiger partial charge is 0.214 e. The molecule has 0 aliphatic rings. The normalized spacial score (nSPS) is 14.2. The van der Waals surface area contributed by atoms with Gasteiger partial charge in [-0.15, -0.1) is 0 Å². The van der Waals surface area contributed by atoms with E-state index in [1.165, 1.54) is 6.92 Å². The first-order chi connectivity index (χ1) is 10.7. The molecule has 0 saturated heterocycles. The fourth-order valence-electron chi connectivity index (χ4n) is 1.76. The van der Waals surface area contributed by atoms with Crippen LogP contribution in [0.5, 0.6) is 0 Å². The molecule has 0 aromatic heterocycles. The van der Waals surface area contributed by atoms with Crippen molar-refractivity contribution in [2.45, 2.75) is 44.5 Å². The Bertz CT molecular complexity index is 656. The van der Waals surface area contributed by atoms with Crippen LogP contribution in [0.15, 0.2) is 24.3 Å². The molecular weight excluding hydrogens is 315 g/mol. The quantitative estimate of drug-likeness (QED) is 0.591. The molecule has 1 unspecified atom stereocenters. The van der Waals surface area contributed by atoms with Crippen molar-refractivity contribution in [1.29, 1.82) is 0 Å². The largest absolute Gasteiger partial charge is 0.330 e. The second-order valence-electron chi connectivity index (χ2n) is 5.88. The van der Waals surface area contributed by atoms with Gasteiger partial charge in [-0.3, -0.25) is 0 Å². The minimum atomic E-state index is -3.49. The third-order valence-electron chi connectivity index (χ3n) is 3.45. The molecular formula is C17H25FN2O2S. The van der Waals surface area contributed by atoms with E-state index in [4.69, 9.17) is 5.73 Å². The molecule has 3 N–H and O–H groups in total. The summed E-state index contributed by atoms with van der Waals surface area (Å²) >= 11 is 0. The summed E-state index contributed by atoms with van der Waals surface area (Å²) < 4.78 is 40.5. The standard InChI is InChI=1S/C17H25FN2O2S/c1-14(2)23(21,22)20-13-17(3,18)16-10-8-15(9-11-16)7-5-4-6-12-19/h8-11,14,20H,4,6,12-13,19H2,1-3H3. The Labute approximate surface area is 138 Å². The van der Waals surface area contributed by atoms with E-state index in [2.05, 4.69) is 16.6 Å². The number of unbranched alkanes of at least 4 members (excludes halogenated alkanes) is 1. The molecule has 0 amide bonds. The summed E-state index contributed by atoms with van der Waals surface area (Å²) in [6.07, 6.45) is 1.58. The van der Waals surface area contributed by atoms with Gasteiger partial charge in [-0.25, -0.2) is 17.5 Å². The van der Waals surface area contributed by atoms with E-state index in [0.717, 1.165) is 18.4 Å². The van der Waals surface area contributed by atoms with Gasteiger partial charge in [0, 0.05) is 18.5 Å². The van der Waals surface area contributed by atoms with E-state index in [-0.39, 0.29) is 6.54 Å². The molecule has 0 bridgehead atoms. The number of rotatable bonds is 7. The molecule has 23 heavy (non-hydrogen) atoms. The Morgan fingerprint density at radius 2 is 1.91 bits per heavy atom. The minimum absolute atomic E-state index is 0.297. The maximum absolute atomic E-state index is 14.7. The van der Waals surface area contributed by atoms with Crippen molar-refractivity contribution in [3.05, 3.63) is 35.4 Å². The average Bonchev–Trinajstić information content (AvgIpc) is 2.50. The number of hydrogen-bond donors (Lipinski definition) is 2. The van der Waals surface area contributed by atoms with Crippen molar-refractivity contribution in [3.8, 4) is 11.8 Å². The van der Waals surface area contributed by atoms with E-state index < -0.39 is 20.9 Å². The molecule has 0 spiro atoms. The SMILES string of the molecule is CC(C)S(=O)(=O)NCC(C)(F)c1ccc(C#CCCCN)cc1. The van der Waals surface area contributed by atoms with Crippen LogP contribution >= 0.6 is 0 Å². The molecule has 1 atom stereocenters. The van der Waals surface area contributed by atoms with Crippen molar-refractivity contribution in [2.24, 2.45) is 5.73 Å². The van der Waals surface area contributed by atoms with Gasteiger partial charge < -0.3 is 5.73 Å². The predicted molar refractivity (Wildman–Crippen MR) is 92.1 cm³/mol. The zero-order valence-electron chi connectivity index (χ0n) is 13.9. The molecule has 1 aromatic rings. The number of nitrogens with one attached hydrogen (secondary N) is 1. The van der Waals surface area contributed by atoms with Gasteiger partial charge in [0.2, 0.25) is 10.0 Å². The van der Waals surface area contributed by atoms with Crippen LogP contribution in [0.1, 0.15) is 44.7 Å². The first kappa shape index (κ1) is 19.6. The Kier molecular flexibility index (Phi) is 7.20. The molecule has 0 saturated carbocycles. The number of benzene rings is 1. The summed E-state index contributed by atoms with van der Waals surface area (Å²) in [5.74, 6) is 5.99. The lowest BCUT2D eigenvalue weighted by Crippen LogP contribution is -2.39. The molecule has 0 fully saturated rings. The lowest BCUT2D eigenvalue weighted by molar-refractivity contribution is 0.196. The fourth-order valence-corrected chi connectivity index (χ4v) is 2.57. The summed E-state index contributed by atoms with van der Waals surface area (Å²) in [5, 5.41) is -0.593. The van der Waals surface area contributed by atoms with E-state index >= 15 is 0 Å². The molecule has 1 aromatic carbocycles. The van der Waals surface area contributed by atoms with Crippen molar-refractivity contribution in [2.75, 3.05) is 13.1 Å². The Morgan fingerprint density at radius 1 is 1.30 bits per heavy atom. The van der Waals surface area contributed by atoms with E-state index in [1.54, 1.807) is 38.1 Å². The molecule has 1 rings (SSSR count). The predicted octanol–water partition coefficient (Wildman–Crippen LogP) is 2.29. The van der Waals surface area contributed by atoms with Crippen LogP contribution in [-0.4, -0.2) is 26.8 Å². The van der Waals surface area contributed by atoms with E-state index in [0.29, 0.717) is 12.1 Å². The highest BCUT2D eigenvalue weighted by Gasteiger charge is 2.28. The Morgan fingerprint density at radius 3 is 2.43 bits per heavy atom. The summed E-state index contributed by atoms with van der Waals surface area (Å²) in [7, 11) is -3.49. The molecule has 0 aliphatic carbocycles. The van der Waals surface area contributed by atoms with Gasteiger partial charge in [0.15, 0.2) is 0 Å². The molecule has 128 valence electrons. The Balaban J connectivity index is 2.75. The maximum Gasteiger partial charge on any atom is 0.214 e. The first-order valence-corrected chi connectivity index (χ1v) is 9.20. The van der Waals surface area contributed by atoms with Crippen molar-refractivity contribution in [3.63, 3.8) is 0 Å². The Hall–Kier alpha value is -1.42. The molecule has 6 heteroatoms. The highest BCUT2D eigenvalue weighted by atomic mass is 32.2. The first-order valence-electron chi connectivity index (χ1n) is 7.66. The second kappa shape index (κ2) is 8.44. The lowest BCUT2D eigenvalue weighted by Gasteiger charge is -2.22. The average molecular weight is 340 g/mol. The van der Waals surface area contributed by atoms with Gasteiger partial charge >= 0.3 is 0 Å². The third-order valence-corrected chi connectivity index (χ3v) is 5.24. The highest BCUT2D eigenvalue weighted by molar-refractivity contribution is 7.90. The zero-order chi connectivity index (χ0) is 17.5. The van der Waals surface area contributed by atoms with Gasteiger partial charge in [-0.2, -0.15) is 0 Å². The van der Waals surface area contributed by atoms with Crippen LogP contribution in [0.2, 0.25) is 0 Å². The number of alkyl halides is 1. The fraction of sp³-hybridized carbons (Fsp3) is 0.529. The van der Waals surface area contributed by atoms with Gasteiger partial charge in [-0.1, -0.05) is 24.0 Å². The maximum atomic E-state index is 14.7. The van der Waals surface area contributed by atoms with Crippen LogP contribution in [0.3, 0.4) is 0 Å². The number of halogens is 1. The van der Waals surface area contributed by atoms with Gasteiger partial charge in [0.25, 0.3) is 0 Å². The van der Waals surface area contributed by atoms with Gasteiger partial charge in [0.05, 0.1) is 5.25 Å². The van der Waals surface area contributed by atoms with E-state index in [9.17, 15) is 12.8 Å². The van der Waals surface area contributed by atoms with Gasteiger partial charge in [-0.05, 0) is 51.4 Å². The van der Waals surface area contributed by atoms with Crippen LogP contribution < -0.4 is 10.5 Å². The number of nitrogens with two attached hydrogens (primary N) is 1. The van der Waals surface area contributed by atoms with Gasteiger partial charge in [0.1, 0.15) is 5.67 Å². The molecule has 0 aliphatic heterocycles. The van der Waals surface area contributed by atoms with E-state index in [1.807, 2.05) is 0 Å². The third kappa shape index (κ3) is 6.30. The summed E-state index contributed by atoms with van der Waals surface area (Å²) in [6, 6.07) is 6.74. The van der Waals surface area contributed by atoms with Crippen LogP contribution in [0.4, 0.5) is 4.39 Å². The number of sulfonamides is 1. The second-order valence-corrected chi connectivity index (χ2v) is 8.21.